The molecule has 2 atom stereocenters. The fraction of sp³-hybridized carbons (Fsp3) is 0.941. The van der Waals surface area contributed by atoms with Crippen LogP contribution in [0.25, 0.3) is 0 Å². The minimum Gasteiger partial charge on any atom is -0.355 e. The summed E-state index contributed by atoms with van der Waals surface area (Å²) in [7, 11) is 0. The van der Waals surface area contributed by atoms with Gasteiger partial charge in [-0.15, -0.1) is 0 Å². The number of nitrogens with two attached hydrogens (primary N) is 1. The SMILES string of the molecule is CC(C)CC(CN)CC(=O)NCC(C(C)C)N1CCCC1. The maximum absolute atomic E-state index is 12.2. The van der Waals surface area contributed by atoms with Crippen molar-refractivity contribution in [2.24, 2.45) is 23.5 Å². The van der Waals surface area contributed by atoms with Crippen molar-refractivity contribution in [2.75, 3.05) is 26.2 Å². The van der Waals surface area contributed by atoms with Crippen molar-refractivity contribution in [3.63, 3.8) is 0 Å². The summed E-state index contributed by atoms with van der Waals surface area (Å²) in [6.07, 6.45) is 4.19. The van der Waals surface area contributed by atoms with Gasteiger partial charge in [-0.1, -0.05) is 27.7 Å². The van der Waals surface area contributed by atoms with Gasteiger partial charge in [0.1, 0.15) is 0 Å². The maximum Gasteiger partial charge on any atom is 0.220 e. The molecule has 0 radical (unpaired) electrons. The molecule has 0 aromatic heterocycles. The van der Waals surface area contributed by atoms with Crippen LogP contribution in [0.2, 0.25) is 0 Å². The summed E-state index contributed by atoms with van der Waals surface area (Å²) < 4.78 is 0. The number of rotatable bonds is 9. The van der Waals surface area contributed by atoms with Crippen molar-refractivity contribution in [1.82, 2.24) is 10.2 Å². The molecule has 4 heteroatoms. The summed E-state index contributed by atoms with van der Waals surface area (Å²) in [6.45, 7) is 12.6. The zero-order valence-corrected chi connectivity index (χ0v) is 14.4. The average molecular weight is 297 g/mol. The molecule has 1 heterocycles. The van der Waals surface area contributed by atoms with Crippen molar-refractivity contribution < 1.29 is 4.79 Å². The van der Waals surface area contributed by atoms with Crippen molar-refractivity contribution in [3.05, 3.63) is 0 Å². The van der Waals surface area contributed by atoms with Crippen LogP contribution in [0.5, 0.6) is 0 Å². The van der Waals surface area contributed by atoms with Gasteiger partial charge in [0, 0.05) is 19.0 Å². The van der Waals surface area contributed by atoms with Crippen molar-refractivity contribution >= 4 is 5.91 Å². The quantitative estimate of drug-likeness (QED) is 0.686. The molecular formula is C17H35N3O. The third kappa shape index (κ3) is 6.79. The van der Waals surface area contributed by atoms with Crippen LogP contribution in [0, 0.1) is 17.8 Å². The standard InChI is InChI=1S/C17H35N3O/c1-13(2)9-15(11-18)10-17(21)19-12-16(14(3)4)20-7-5-6-8-20/h13-16H,5-12,18H2,1-4H3,(H,19,21). The van der Waals surface area contributed by atoms with Gasteiger partial charge in [0.25, 0.3) is 0 Å². The smallest absolute Gasteiger partial charge is 0.220 e. The van der Waals surface area contributed by atoms with E-state index in [1.807, 2.05) is 0 Å². The molecule has 0 aromatic carbocycles. The van der Waals surface area contributed by atoms with Crippen LogP contribution in [0.3, 0.4) is 0 Å². The first-order valence-corrected chi connectivity index (χ1v) is 8.64. The molecule has 2 unspecified atom stereocenters. The summed E-state index contributed by atoms with van der Waals surface area (Å²) in [6, 6.07) is 0.470. The van der Waals surface area contributed by atoms with Gasteiger partial charge in [-0.2, -0.15) is 0 Å². The van der Waals surface area contributed by atoms with Crippen LogP contribution >= 0.6 is 0 Å². The van der Waals surface area contributed by atoms with Gasteiger partial charge in [0.15, 0.2) is 0 Å². The maximum atomic E-state index is 12.2. The number of carbonyl (C=O) groups is 1. The second-order valence-electron chi connectivity index (χ2n) is 7.29. The Hall–Kier alpha value is -0.610. The normalized spacial score (nSPS) is 19.2. The van der Waals surface area contributed by atoms with Crippen LogP contribution in [0.15, 0.2) is 0 Å². The highest BCUT2D eigenvalue weighted by atomic mass is 16.1. The third-order valence-corrected chi connectivity index (χ3v) is 4.50. The summed E-state index contributed by atoms with van der Waals surface area (Å²) >= 11 is 0. The topological polar surface area (TPSA) is 58.4 Å². The van der Waals surface area contributed by atoms with E-state index in [1.54, 1.807) is 0 Å². The van der Waals surface area contributed by atoms with E-state index in [0.717, 1.165) is 13.0 Å². The molecule has 0 saturated carbocycles. The molecule has 1 rings (SSSR count). The number of amides is 1. The Kier molecular flexibility index (Phi) is 8.27. The molecule has 1 amide bonds. The lowest BCUT2D eigenvalue weighted by molar-refractivity contribution is -0.122. The molecule has 0 spiro atoms. The van der Waals surface area contributed by atoms with Gasteiger partial charge in [0.2, 0.25) is 5.91 Å². The van der Waals surface area contributed by atoms with Crippen molar-refractivity contribution in [1.29, 1.82) is 0 Å². The molecule has 1 aliphatic rings. The fourth-order valence-corrected chi connectivity index (χ4v) is 3.34. The second kappa shape index (κ2) is 9.42. The molecule has 0 bridgehead atoms. The summed E-state index contributed by atoms with van der Waals surface area (Å²) in [4.78, 5) is 14.7. The summed E-state index contributed by atoms with van der Waals surface area (Å²) in [5, 5.41) is 3.14. The number of nitrogens with zero attached hydrogens (tertiary/aromatic N) is 1. The molecule has 0 aliphatic carbocycles. The van der Waals surface area contributed by atoms with E-state index in [2.05, 4.69) is 37.9 Å². The van der Waals surface area contributed by atoms with Crippen LogP contribution < -0.4 is 11.1 Å². The third-order valence-electron chi connectivity index (χ3n) is 4.50. The Labute approximate surface area is 130 Å². The van der Waals surface area contributed by atoms with E-state index < -0.39 is 0 Å². The van der Waals surface area contributed by atoms with Crippen molar-refractivity contribution in [3.8, 4) is 0 Å². The molecule has 1 saturated heterocycles. The molecule has 124 valence electrons. The van der Waals surface area contributed by atoms with Gasteiger partial charge < -0.3 is 11.1 Å². The van der Waals surface area contributed by atoms with Gasteiger partial charge in [-0.05, 0) is 56.7 Å². The highest BCUT2D eigenvalue weighted by Gasteiger charge is 2.25. The summed E-state index contributed by atoms with van der Waals surface area (Å²) in [5.74, 6) is 1.65. The molecule has 0 aromatic rings. The largest absolute Gasteiger partial charge is 0.355 e. The number of nitrogens with one attached hydrogen (secondary N) is 1. The molecular weight excluding hydrogens is 262 g/mol. The predicted octanol–water partition coefficient (Wildman–Crippen LogP) is 2.23. The monoisotopic (exact) mass is 297 g/mol. The van der Waals surface area contributed by atoms with Gasteiger partial charge in [-0.3, -0.25) is 9.69 Å². The molecule has 3 N–H and O–H groups in total. The van der Waals surface area contributed by atoms with Crippen LogP contribution in [0.1, 0.15) is 53.4 Å². The fourth-order valence-electron chi connectivity index (χ4n) is 3.34. The van der Waals surface area contributed by atoms with Gasteiger partial charge in [0.05, 0.1) is 0 Å². The minimum atomic E-state index is 0.163. The Bertz CT molecular complexity index is 298. The first-order valence-electron chi connectivity index (χ1n) is 8.64. The highest BCUT2D eigenvalue weighted by Crippen LogP contribution is 2.18. The van der Waals surface area contributed by atoms with E-state index in [-0.39, 0.29) is 5.91 Å². The van der Waals surface area contributed by atoms with Gasteiger partial charge >= 0.3 is 0 Å². The van der Waals surface area contributed by atoms with Gasteiger partial charge in [-0.25, -0.2) is 0 Å². The van der Waals surface area contributed by atoms with E-state index in [1.165, 1.54) is 25.9 Å². The van der Waals surface area contributed by atoms with E-state index in [0.29, 0.717) is 36.8 Å². The first-order chi connectivity index (χ1) is 9.93. The Morgan fingerprint density at radius 3 is 2.29 bits per heavy atom. The lowest BCUT2D eigenvalue weighted by atomic mass is 9.94. The number of hydrogen-bond donors (Lipinski definition) is 2. The van der Waals surface area contributed by atoms with Crippen LogP contribution in [-0.2, 0) is 4.79 Å². The van der Waals surface area contributed by atoms with E-state index in [9.17, 15) is 4.79 Å². The highest BCUT2D eigenvalue weighted by molar-refractivity contribution is 5.76. The molecule has 4 nitrogen and oxygen atoms in total. The lowest BCUT2D eigenvalue weighted by Crippen LogP contribution is -2.46. The average Bonchev–Trinajstić information content (AvgIpc) is 2.91. The Morgan fingerprint density at radius 1 is 1.19 bits per heavy atom. The summed E-state index contributed by atoms with van der Waals surface area (Å²) in [5.41, 5.74) is 5.78. The van der Waals surface area contributed by atoms with E-state index in [4.69, 9.17) is 5.73 Å². The lowest BCUT2D eigenvalue weighted by Gasteiger charge is -2.31. The first kappa shape index (κ1) is 18.4. The Balaban J connectivity index is 2.38. The molecule has 1 fully saturated rings. The number of hydrogen-bond acceptors (Lipinski definition) is 3. The molecule has 1 aliphatic heterocycles. The zero-order chi connectivity index (χ0) is 15.8. The zero-order valence-electron chi connectivity index (χ0n) is 14.4. The second-order valence-corrected chi connectivity index (χ2v) is 7.29. The number of carbonyl (C=O) groups excluding carboxylic acids is 1. The predicted molar refractivity (Wildman–Crippen MR) is 89.1 cm³/mol. The number of likely N-dealkylation sites (tertiary alicyclic amines) is 1. The van der Waals surface area contributed by atoms with Crippen LogP contribution in [0.4, 0.5) is 0 Å². The Morgan fingerprint density at radius 2 is 1.81 bits per heavy atom. The van der Waals surface area contributed by atoms with Crippen molar-refractivity contribution in [2.45, 2.75) is 59.4 Å². The van der Waals surface area contributed by atoms with Crippen LogP contribution in [-0.4, -0.2) is 43.0 Å². The minimum absolute atomic E-state index is 0.163. The van der Waals surface area contributed by atoms with E-state index >= 15 is 0 Å². The molecule has 21 heavy (non-hydrogen) atoms.